The first kappa shape index (κ1) is 84.0. The highest BCUT2D eigenvalue weighted by Crippen LogP contribution is 2.66. The number of unbranched alkanes of at least 4 members (excludes halogenated alkanes) is 2. The smallest absolute Gasteiger partial charge is 0.478 e. The number of ether oxygens (including phenoxy) is 6. The average molecular weight is 1600 g/mol. The fourth-order valence-electron chi connectivity index (χ4n) is 8.98. The lowest BCUT2D eigenvalue weighted by atomic mass is 9.89. The summed E-state index contributed by atoms with van der Waals surface area (Å²) in [5, 5.41) is 28.0. The Kier molecular flexibility index (Phi) is 31.8. The Bertz CT molecular complexity index is 4330. The SMILES string of the molecule is CCSSCOC1C(COP(=O)(O)OP(=O)(O)OP(=O)(O)O)OC1n1cc(C#CCNC(=O)NCCCCCOCSSC(C)(C)CCOC(=O)NCCOCCOCCNC(=O)c2ccc(C(=O)O)c(-c3c4ccc(=N)c(S(=O)(=O)O)c-4oc4c(S(=O)(=O)O)c(N)ccc34)c2)c(N)nc1=O. The molecule has 1 aliphatic carbocycles. The third-order valence-corrected chi connectivity index (χ3v) is 24.2. The molecule has 4 amide bonds. The van der Waals surface area contributed by atoms with E-state index in [0.29, 0.717) is 37.7 Å². The number of hydrogen-bond acceptors (Lipinski definition) is 30. The highest BCUT2D eigenvalue weighted by molar-refractivity contribution is 8.77. The summed E-state index contributed by atoms with van der Waals surface area (Å²) < 4.78 is 158. The molecule has 1 saturated heterocycles. The maximum Gasteiger partial charge on any atom is 0.490 e. The molecule has 3 heterocycles. The van der Waals surface area contributed by atoms with Gasteiger partial charge in [-0.25, -0.2) is 32.9 Å². The number of carboxylic acids is 1. The molecule has 0 bridgehead atoms. The number of urea groups is 1. The fraction of sp³-hybridized carbons (Fsp3) is 0.463. The van der Waals surface area contributed by atoms with Crippen molar-refractivity contribution in [2.24, 2.45) is 0 Å². The summed E-state index contributed by atoms with van der Waals surface area (Å²) in [4.78, 5) is 102. The van der Waals surface area contributed by atoms with E-state index in [1.807, 2.05) is 20.8 Å². The summed E-state index contributed by atoms with van der Waals surface area (Å²) in [5.41, 5.74) is 8.48. The van der Waals surface area contributed by atoms with Gasteiger partial charge in [0.2, 0.25) is 0 Å². The lowest BCUT2D eigenvalue weighted by Gasteiger charge is -2.44. The van der Waals surface area contributed by atoms with Crippen molar-refractivity contribution >= 4 is 133 Å². The Morgan fingerprint density at radius 3 is 2.17 bits per heavy atom. The molecule has 16 N–H and O–H groups in total. The van der Waals surface area contributed by atoms with Crippen molar-refractivity contribution < 1.29 is 129 Å². The van der Waals surface area contributed by atoms with Crippen LogP contribution in [0, 0.1) is 17.3 Å². The fourth-order valence-corrected chi connectivity index (χ4v) is 17.1. The molecule has 2 aromatic carbocycles. The van der Waals surface area contributed by atoms with Gasteiger partial charge in [-0.2, -0.15) is 30.4 Å². The number of nitrogen functional groups attached to an aromatic ring is 2. The van der Waals surface area contributed by atoms with E-state index in [9.17, 15) is 78.5 Å². The molecular formula is C54H72N9O29P3S6. The minimum absolute atomic E-state index is 0.00441. The van der Waals surface area contributed by atoms with Crippen LogP contribution in [0.4, 0.5) is 21.1 Å². The third kappa shape index (κ3) is 26.3. The zero-order chi connectivity index (χ0) is 74.5. The number of carbonyl (C=O) groups is 4. The van der Waals surface area contributed by atoms with Crippen molar-refractivity contribution in [3.8, 4) is 34.3 Å². The number of benzene rings is 3. The topological polar surface area (TPSA) is 584 Å². The number of anilines is 2. The number of carbonyl (C=O) groups excluding carboxylic acids is 3. The van der Waals surface area contributed by atoms with Gasteiger partial charge in [-0.15, -0.1) is 0 Å². The van der Waals surface area contributed by atoms with E-state index in [1.165, 1.54) is 56.8 Å². The number of phosphoric acid groups is 3. The number of hydrogen-bond donors (Lipinski definition) is 14. The monoisotopic (exact) mass is 1600 g/mol. The Morgan fingerprint density at radius 2 is 1.50 bits per heavy atom. The van der Waals surface area contributed by atoms with Crippen LogP contribution in [0.15, 0.2) is 67.7 Å². The normalized spacial score (nSPS) is 16.1. The first-order valence-corrected chi connectivity index (χ1v) is 41.7. The van der Waals surface area contributed by atoms with E-state index in [-0.39, 0.29) is 102 Å². The second-order valence-corrected chi connectivity index (χ2v) is 34.2. The number of fused-ring (bicyclic) bond motifs is 2. The number of rotatable bonds is 41. The van der Waals surface area contributed by atoms with Gasteiger partial charge in [0.05, 0.1) is 68.4 Å². The van der Waals surface area contributed by atoms with Gasteiger partial charge in [0, 0.05) is 65.0 Å². The van der Waals surface area contributed by atoms with Gasteiger partial charge >= 0.3 is 47.3 Å². The van der Waals surface area contributed by atoms with Crippen molar-refractivity contribution in [1.82, 2.24) is 30.8 Å². The van der Waals surface area contributed by atoms with Gasteiger partial charge in [0.15, 0.2) is 27.4 Å². The van der Waals surface area contributed by atoms with Crippen LogP contribution in [0.1, 0.15) is 79.0 Å². The molecule has 6 rings (SSSR count). The van der Waals surface area contributed by atoms with Crippen LogP contribution >= 0.6 is 66.6 Å². The maximum absolute atomic E-state index is 13.4. The number of alkyl carbamates (subject to hydrolysis) is 1. The number of nitrogens with zero attached hydrogens (tertiary/aromatic N) is 2. The first-order valence-electron chi connectivity index (χ1n) is 29.5. The van der Waals surface area contributed by atoms with Crippen LogP contribution in [0.5, 0.6) is 0 Å². The van der Waals surface area contributed by atoms with E-state index in [1.54, 1.807) is 10.8 Å². The third-order valence-electron chi connectivity index (χ3n) is 13.4. The first-order chi connectivity index (χ1) is 47.4. The summed E-state index contributed by atoms with van der Waals surface area (Å²) in [6.45, 7) is 6.37. The second kappa shape index (κ2) is 38.2. The molecule has 38 nitrogen and oxygen atoms in total. The summed E-state index contributed by atoms with van der Waals surface area (Å²) >= 11 is 0. The molecule has 5 unspecified atom stereocenters. The minimum atomic E-state index is -5.78. The summed E-state index contributed by atoms with van der Waals surface area (Å²) in [7, 11) is -21.6. The standard InChI is InChI=1S/C54H72N9O29P3S6/c1-4-96-97-31-87-44-40(29-88-94(73,74)92-95(75,76)91-93(70,71)72)89-49(44)63-28-33(47(57)62-52(63)68)9-8-18-60-51(67)59-17-6-5-7-21-85-30-98-99-54(2,3)16-22-86-53(69)61-20-24-84-26-25-83-23-19-58-48(64)32-10-11-34(50(65)66)37(27-32)41-35-12-14-38(55)45(100(77,78)79)42(35)90-43-36(41)13-15-39(56)46(43)101(80,81)82/h10-15,27-28,40,44,49,55H,4-7,16-26,29-31,56H2,1-3H3,(H,58,64)(H,61,69)(H,65,66)(H,73,74)(H,75,76)(H2,57,62,68)(H2,59,60,67)(H2,70,71,72)(H,77,78,79)(H,80,81,82). The van der Waals surface area contributed by atoms with Gasteiger partial charge in [-0.3, -0.25) is 28.4 Å². The summed E-state index contributed by atoms with van der Waals surface area (Å²) in [6.07, 6.45) is -0.182. The van der Waals surface area contributed by atoms with Gasteiger partial charge in [-0.05, 0) is 87.6 Å². The van der Waals surface area contributed by atoms with Crippen LogP contribution in [-0.2, 0) is 75.5 Å². The van der Waals surface area contributed by atoms with Crippen LogP contribution in [0.25, 0.3) is 33.4 Å². The van der Waals surface area contributed by atoms with E-state index < -0.39 is 136 Å². The lowest BCUT2D eigenvalue weighted by Crippen LogP contribution is -2.56. The predicted octanol–water partition coefficient (Wildman–Crippen LogP) is 5.12. The molecule has 0 radical (unpaired) electrons. The molecule has 2 aliphatic heterocycles. The second-order valence-electron chi connectivity index (χ2n) is 21.4. The van der Waals surface area contributed by atoms with Crippen molar-refractivity contribution in [1.29, 1.82) is 5.41 Å². The van der Waals surface area contributed by atoms with Gasteiger partial charge in [0.25, 0.3) is 26.1 Å². The van der Waals surface area contributed by atoms with E-state index >= 15 is 0 Å². The minimum Gasteiger partial charge on any atom is -0.478 e. The molecular weight excluding hydrogens is 1520 g/mol. The number of nitrogens with two attached hydrogens (primary N) is 2. The lowest BCUT2D eigenvalue weighted by molar-refractivity contribution is -0.276. The molecule has 0 saturated carbocycles. The number of aromatic nitrogens is 2. The van der Waals surface area contributed by atoms with E-state index in [0.717, 1.165) is 41.7 Å². The van der Waals surface area contributed by atoms with Crippen LogP contribution in [0.2, 0.25) is 0 Å². The van der Waals surface area contributed by atoms with Crippen LogP contribution in [0.3, 0.4) is 0 Å². The zero-order valence-electron chi connectivity index (χ0n) is 53.5. The Labute approximate surface area is 592 Å². The van der Waals surface area contributed by atoms with Crippen molar-refractivity contribution in [2.75, 3.05) is 102 Å². The Morgan fingerprint density at radius 1 is 0.792 bits per heavy atom. The molecule has 5 atom stereocenters. The summed E-state index contributed by atoms with van der Waals surface area (Å²) in [5.74, 6) is 3.33. The van der Waals surface area contributed by atoms with Crippen molar-refractivity contribution in [3.63, 3.8) is 0 Å². The zero-order valence-corrected chi connectivity index (χ0v) is 61.1. The quantitative estimate of drug-likeness (QED) is 0.00353. The number of carboxylic acid groups (broad SMARTS) is 1. The van der Waals surface area contributed by atoms with Crippen molar-refractivity contribution in [3.05, 3.63) is 81.2 Å². The van der Waals surface area contributed by atoms with E-state index in [2.05, 4.69) is 51.2 Å². The van der Waals surface area contributed by atoms with Gasteiger partial charge in [-0.1, -0.05) is 61.9 Å². The van der Waals surface area contributed by atoms with Gasteiger partial charge in [0.1, 0.15) is 29.9 Å². The van der Waals surface area contributed by atoms with Crippen LogP contribution in [-0.4, -0.2) is 191 Å². The Hall–Kier alpha value is -5.92. The number of phosphoric ester groups is 1. The Balaban J connectivity index is 0.801. The average Bonchev–Trinajstić information content (AvgIpc) is 0.724. The molecule has 558 valence electrons. The van der Waals surface area contributed by atoms with Crippen LogP contribution < -0.4 is 43.8 Å². The highest BCUT2D eigenvalue weighted by Gasteiger charge is 2.48. The maximum atomic E-state index is 13.4. The molecule has 3 aromatic rings. The summed E-state index contributed by atoms with van der Waals surface area (Å²) in [6, 6.07) is 7.34. The number of nitrogens with one attached hydrogen (secondary N) is 5. The number of aromatic carboxylic acids is 1. The van der Waals surface area contributed by atoms with E-state index in [4.69, 9.17) is 59.5 Å². The molecule has 47 heteroatoms. The molecule has 1 fully saturated rings. The van der Waals surface area contributed by atoms with Crippen molar-refractivity contribution in [2.45, 2.75) is 79.4 Å². The molecule has 0 spiro atoms. The molecule has 1 aromatic heterocycles. The molecule has 101 heavy (non-hydrogen) atoms. The van der Waals surface area contributed by atoms with Gasteiger partial charge < -0.3 is 90.3 Å². The highest BCUT2D eigenvalue weighted by atomic mass is 33.1. The predicted molar refractivity (Wildman–Crippen MR) is 367 cm³/mol. The number of amides is 4. The largest absolute Gasteiger partial charge is 0.490 e. The molecule has 3 aliphatic rings.